The summed E-state index contributed by atoms with van der Waals surface area (Å²) in [5.74, 6) is 0. The van der Waals surface area contributed by atoms with E-state index in [4.69, 9.17) is 4.74 Å². The maximum absolute atomic E-state index is 6.46. The fourth-order valence-corrected chi connectivity index (χ4v) is 4.07. The Morgan fingerprint density at radius 1 is 1.26 bits per heavy atom. The first-order valence-corrected chi connectivity index (χ1v) is 13.7. The highest BCUT2D eigenvalue weighted by atomic mass is 28.3. The number of fused-ring (bicyclic) bond motifs is 1. The summed E-state index contributed by atoms with van der Waals surface area (Å²) in [6.07, 6.45) is 10.1. The average molecular weight is 385 g/mol. The Morgan fingerprint density at radius 2 is 2.07 bits per heavy atom. The molecule has 0 spiro atoms. The molecule has 0 aliphatic rings. The largest absolute Gasteiger partial charge is 0.369 e. The van der Waals surface area contributed by atoms with Gasteiger partial charge in [-0.25, -0.2) is 4.98 Å². The molecule has 5 nitrogen and oxygen atoms in total. The first-order chi connectivity index (χ1) is 12.9. The number of pyridine rings is 1. The minimum Gasteiger partial charge on any atom is -0.369 e. The number of aromatic nitrogens is 4. The van der Waals surface area contributed by atoms with Gasteiger partial charge in [0.15, 0.2) is 0 Å². The third kappa shape index (κ3) is 4.87. The molecule has 3 heterocycles. The molecular formula is C21H32N4OSi. The van der Waals surface area contributed by atoms with Gasteiger partial charge in [-0.1, -0.05) is 33.0 Å². The van der Waals surface area contributed by atoms with Gasteiger partial charge in [-0.3, -0.25) is 4.68 Å². The lowest BCUT2D eigenvalue weighted by Crippen LogP contribution is -2.22. The van der Waals surface area contributed by atoms with Crippen LogP contribution in [-0.4, -0.2) is 34.4 Å². The van der Waals surface area contributed by atoms with Crippen LogP contribution < -0.4 is 0 Å². The van der Waals surface area contributed by atoms with Crippen molar-refractivity contribution in [1.29, 1.82) is 0 Å². The minimum absolute atomic E-state index is 0.120. The Bertz CT molecular complexity index is 864. The zero-order valence-corrected chi connectivity index (χ0v) is 18.2. The molecule has 0 radical (unpaired) electrons. The van der Waals surface area contributed by atoms with Crippen molar-refractivity contribution in [3.05, 3.63) is 48.0 Å². The SMILES string of the molecule is CCCC(C)n1cc(C(OCC[Si](C)(C)C)c2ccnc3[nH]ccc23)cn1. The highest BCUT2D eigenvalue weighted by Gasteiger charge is 2.22. The van der Waals surface area contributed by atoms with E-state index in [9.17, 15) is 0 Å². The average Bonchev–Trinajstić information content (AvgIpc) is 3.27. The van der Waals surface area contributed by atoms with Crippen molar-refractivity contribution in [3.63, 3.8) is 0 Å². The summed E-state index contributed by atoms with van der Waals surface area (Å²) < 4.78 is 8.53. The van der Waals surface area contributed by atoms with Crippen molar-refractivity contribution < 1.29 is 4.74 Å². The Balaban J connectivity index is 1.92. The van der Waals surface area contributed by atoms with Crippen LogP contribution in [0.4, 0.5) is 0 Å². The van der Waals surface area contributed by atoms with Crippen molar-refractivity contribution in [1.82, 2.24) is 19.7 Å². The van der Waals surface area contributed by atoms with E-state index >= 15 is 0 Å². The second-order valence-electron chi connectivity index (χ2n) is 8.59. The van der Waals surface area contributed by atoms with Crippen LogP contribution in [0.25, 0.3) is 11.0 Å². The third-order valence-electron chi connectivity index (χ3n) is 5.00. The van der Waals surface area contributed by atoms with E-state index in [1.54, 1.807) is 0 Å². The topological polar surface area (TPSA) is 55.7 Å². The molecule has 6 heteroatoms. The number of hydrogen-bond acceptors (Lipinski definition) is 3. The summed E-state index contributed by atoms with van der Waals surface area (Å²) in [5.41, 5.74) is 3.17. The van der Waals surface area contributed by atoms with Crippen LogP contribution in [0.15, 0.2) is 36.9 Å². The molecule has 2 atom stereocenters. The normalized spacial score (nSPS) is 14.6. The lowest BCUT2D eigenvalue weighted by molar-refractivity contribution is 0.0915. The minimum atomic E-state index is -1.15. The number of hydrogen-bond donors (Lipinski definition) is 1. The predicted molar refractivity (Wildman–Crippen MR) is 114 cm³/mol. The highest BCUT2D eigenvalue weighted by molar-refractivity contribution is 6.76. The maximum atomic E-state index is 6.46. The Hall–Kier alpha value is -1.92. The molecule has 2 unspecified atom stereocenters. The zero-order chi connectivity index (χ0) is 19.4. The maximum Gasteiger partial charge on any atom is 0.137 e. The van der Waals surface area contributed by atoms with Crippen LogP contribution in [0, 0.1) is 0 Å². The first-order valence-electron chi connectivity index (χ1n) is 9.96. The lowest BCUT2D eigenvalue weighted by atomic mass is 10.0. The molecule has 0 aliphatic heterocycles. The fraction of sp³-hybridized carbons (Fsp3) is 0.524. The predicted octanol–water partition coefficient (Wildman–Crippen LogP) is 5.56. The van der Waals surface area contributed by atoms with Gasteiger partial charge in [0.1, 0.15) is 11.8 Å². The molecule has 1 N–H and O–H groups in total. The Labute approximate surface area is 163 Å². The molecule has 0 bridgehead atoms. The summed E-state index contributed by atoms with van der Waals surface area (Å²) in [6.45, 7) is 12.3. The summed E-state index contributed by atoms with van der Waals surface area (Å²) in [5, 5.41) is 5.74. The molecule has 0 saturated carbocycles. The second-order valence-corrected chi connectivity index (χ2v) is 14.2. The van der Waals surface area contributed by atoms with E-state index < -0.39 is 8.07 Å². The van der Waals surface area contributed by atoms with E-state index in [0.29, 0.717) is 6.04 Å². The van der Waals surface area contributed by atoms with Gasteiger partial charge in [0.05, 0.1) is 6.20 Å². The summed E-state index contributed by atoms with van der Waals surface area (Å²) in [4.78, 5) is 7.64. The first kappa shape index (κ1) is 19.8. The second kappa shape index (κ2) is 8.40. The van der Waals surface area contributed by atoms with Crippen LogP contribution in [0.3, 0.4) is 0 Å². The van der Waals surface area contributed by atoms with Gasteiger partial charge in [-0.05, 0) is 37.1 Å². The van der Waals surface area contributed by atoms with E-state index in [1.165, 1.54) is 0 Å². The molecule has 3 aromatic rings. The van der Waals surface area contributed by atoms with Crippen LogP contribution >= 0.6 is 0 Å². The van der Waals surface area contributed by atoms with Gasteiger partial charge in [-0.2, -0.15) is 5.10 Å². The van der Waals surface area contributed by atoms with E-state index in [-0.39, 0.29) is 6.10 Å². The number of ether oxygens (including phenoxy) is 1. The number of rotatable bonds is 9. The van der Waals surface area contributed by atoms with E-state index in [0.717, 1.165) is 47.7 Å². The fourth-order valence-electron chi connectivity index (χ4n) is 3.34. The van der Waals surface area contributed by atoms with Gasteiger partial charge in [0.2, 0.25) is 0 Å². The van der Waals surface area contributed by atoms with E-state index in [1.807, 2.05) is 18.6 Å². The number of aromatic amines is 1. The van der Waals surface area contributed by atoms with Crippen LogP contribution in [0.2, 0.25) is 25.7 Å². The van der Waals surface area contributed by atoms with Crippen molar-refractivity contribution in [3.8, 4) is 0 Å². The molecule has 3 aromatic heterocycles. The van der Waals surface area contributed by atoms with Gasteiger partial charge in [0, 0.05) is 50.3 Å². The smallest absolute Gasteiger partial charge is 0.137 e. The summed E-state index contributed by atoms with van der Waals surface area (Å²) in [6, 6.07) is 5.69. The molecule has 0 amide bonds. The van der Waals surface area contributed by atoms with Crippen molar-refractivity contribution >= 4 is 19.1 Å². The quantitative estimate of drug-likeness (QED) is 0.491. The van der Waals surface area contributed by atoms with Crippen LogP contribution in [0.5, 0.6) is 0 Å². The van der Waals surface area contributed by atoms with E-state index in [2.05, 4.69) is 71.6 Å². The third-order valence-corrected chi connectivity index (χ3v) is 6.70. The Morgan fingerprint density at radius 3 is 2.81 bits per heavy atom. The van der Waals surface area contributed by atoms with Crippen LogP contribution in [-0.2, 0) is 4.74 Å². The number of H-pyrrole nitrogens is 1. The molecule has 0 aromatic carbocycles. The van der Waals surface area contributed by atoms with Gasteiger partial charge in [-0.15, -0.1) is 0 Å². The standard InChI is InChI=1S/C21H32N4OSi/c1-6-7-16(2)25-15-17(14-24-25)20(26-12-13-27(3,4)5)18-8-10-22-21-19(18)9-11-23-21/h8-11,14-16,20H,6-7,12-13H2,1-5H3,(H,22,23). The van der Waals surface area contributed by atoms with Gasteiger partial charge < -0.3 is 9.72 Å². The molecule has 3 rings (SSSR count). The summed E-state index contributed by atoms with van der Waals surface area (Å²) >= 11 is 0. The Kier molecular flexibility index (Phi) is 6.17. The lowest BCUT2D eigenvalue weighted by Gasteiger charge is -2.21. The van der Waals surface area contributed by atoms with Crippen molar-refractivity contribution in [2.75, 3.05) is 6.61 Å². The number of nitrogens with zero attached hydrogens (tertiary/aromatic N) is 3. The number of nitrogens with one attached hydrogen (secondary N) is 1. The molecule has 0 aliphatic carbocycles. The van der Waals surface area contributed by atoms with Crippen molar-refractivity contribution in [2.45, 2.75) is 64.5 Å². The van der Waals surface area contributed by atoms with Gasteiger partial charge >= 0.3 is 0 Å². The summed E-state index contributed by atoms with van der Waals surface area (Å²) in [7, 11) is -1.15. The molecule has 27 heavy (non-hydrogen) atoms. The monoisotopic (exact) mass is 384 g/mol. The molecule has 0 saturated heterocycles. The van der Waals surface area contributed by atoms with Crippen LogP contribution in [0.1, 0.15) is 50.0 Å². The molecule has 146 valence electrons. The van der Waals surface area contributed by atoms with Crippen molar-refractivity contribution in [2.24, 2.45) is 0 Å². The molecule has 0 fully saturated rings. The highest BCUT2D eigenvalue weighted by Crippen LogP contribution is 2.32. The zero-order valence-electron chi connectivity index (χ0n) is 17.2. The molecular weight excluding hydrogens is 352 g/mol. The van der Waals surface area contributed by atoms with Gasteiger partial charge in [0.25, 0.3) is 0 Å².